The second-order valence-corrected chi connectivity index (χ2v) is 6.00. The summed E-state index contributed by atoms with van der Waals surface area (Å²) in [6.45, 7) is 2.12. The van der Waals surface area contributed by atoms with Crippen LogP contribution < -0.4 is 0 Å². The van der Waals surface area contributed by atoms with Gasteiger partial charge in [0, 0.05) is 16.2 Å². The summed E-state index contributed by atoms with van der Waals surface area (Å²) in [7, 11) is 0. The van der Waals surface area contributed by atoms with Crippen LogP contribution in [0.25, 0.3) is 0 Å². The third-order valence-electron chi connectivity index (χ3n) is 2.27. The molecule has 0 N–H and O–H groups in total. The van der Waals surface area contributed by atoms with Gasteiger partial charge in [-0.1, -0.05) is 18.5 Å². The maximum absolute atomic E-state index is 11.9. The smallest absolute Gasteiger partial charge is 0.179 e. The van der Waals surface area contributed by atoms with E-state index < -0.39 is 0 Å². The number of aryl methyl sites for hydroxylation is 1. The van der Waals surface area contributed by atoms with Crippen molar-refractivity contribution >= 4 is 40.1 Å². The summed E-state index contributed by atoms with van der Waals surface area (Å²) in [5.41, 5.74) is 0. The second kappa shape index (κ2) is 5.13. The molecule has 0 aliphatic carbocycles. The zero-order valence-electron chi connectivity index (χ0n) is 8.83. The molecule has 0 aromatic carbocycles. The van der Waals surface area contributed by atoms with Crippen LogP contribution in [0.3, 0.4) is 0 Å². The lowest BCUT2D eigenvalue weighted by Crippen LogP contribution is -1.99. The minimum atomic E-state index is 0.115. The maximum atomic E-state index is 11.9. The van der Waals surface area contributed by atoms with Gasteiger partial charge in [-0.2, -0.15) is 0 Å². The molecule has 0 saturated carbocycles. The van der Waals surface area contributed by atoms with Crippen LogP contribution in [0.2, 0.25) is 5.02 Å². The predicted octanol–water partition coefficient (Wildman–Crippen LogP) is 4.45. The van der Waals surface area contributed by atoms with E-state index >= 15 is 0 Å². The highest BCUT2D eigenvalue weighted by molar-refractivity contribution is 7.13. The lowest BCUT2D eigenvalue weighted by molar-refractivity contribution is 0.0998. The zero-order valence-corrected chi connectivity index (χ0v) is 11.2. The van der Waals surface area contributed by atoms with E-state index in [1.165, 1.54) is 16.2 Å². The number of carbonyl (C=O) groups is 1. The van der Waals surface area contributed by atoms with Crippen LogP contribution in [0, 0.1) is 0 Å². The molecule has 2 rings (SSSR count). The molecule has 0 spiro atoms. The number of ketones is 1. The summed E-state index contributed by atoms with van der Waals surface area (Å²) in [6, 6.07) is 5.89. The van der Waals surface area contributed by atoms with Crippen molar-refractivity contribution in [1.82, 2.24) is 0 Å². The van der Waals surface area contributed by atoms with Crippen molar-refractivity contribution in [2.75, 3.05) is 0 Å². The zero-order chi connectivity index (χ0) is 11.5. The third-order valence-corrected chi connectivity index (χ3v) is 4.88. The van der Waals surface area contributed by atoms with E-state index in [-0.39, 0.29) is 5.78 Å². The number of carbonyl (C=O) groups excluding carboxylic acids is 1. The average Bonchev–Trinajstić information content (AvgIpc) is 2.86. The van der Waals surface area contributed by atoms with Gasteiger partial charge in [0.1, 0.15) is 0 Å². The molecule has 0 fully saturated rings. The summed E-state index contributed by atoms with van der Waals surface area (Å²) < 4.78 is 0. The van der Waals surface area contributed by atoms with Gasteiger partial charge < -0.3 is 0 Å². The van der Waals surface area contributed by atoms with Gasteiger partial charge in [-0.05, 0) is 30.0 Å². The van der Waals surface area contributed by atoms with E-state index in [1.54, 1.807) is 17.4 Å². The lowest BCUT2D eigenvalue weighted by atomic mass is 10.2. The molecule has 0 bridgehead atoms. The number of hydrogen-bond donors (Lipinski definition) is 0. The Labute approximate surface area is 108 Å². The SMILES string of the molecule is CCc1ccc(CC(=O)c2sccc2Cl)s1. The van der Waals surface area contributed by atoms with Gasteiger partial charge in [0.15, 0.2) is 5.78 Å². The first kappa shape index (κ1) is 11.8. The van der Waals surface area contributed by atoms with Crippen LogP contribution in [-0.4, -0.2) is 5.78 Å². The fourth-order valence-corrected chi connectivity index (χ4v) is 3.50. The van der Waals surface area contributed by atoms with Crippen molar-refractivity contribution in [3.63, 3.8) is 0 Å². The lowest BCUT2D eigenvalue weighted by Gasteiger charge is -1.96. The fourth-order valence-electron chi connectivity index (χ4n) is 1.44. The summed E-state index contributed by atoms with van der Waals surface area (Å²) in [5.74, 6) is 0.115. The van der Waals surface area contributed by atoms with Gasteiger partial charge >= 0.3 is 0 Å². The molecular weight excluding hydrogens is 260 g/mol. The minimum absolute atomic E-state index is 0.115. The van der Waals surface area contributed by atoms with Gasteiger partial charge in [-0.15, -0.1) is 22.7 Å². The Balaban J connectivity index is 2.11. The fraction of sp³-hybridized carbons (Fsp3) is 0.250. The Bertz CT molecular complexity index is 499. The molecule has 0 radical (unpaired) electrons. The molecule has 0 unspecified atom stereocenters. The number of hydrogen-bond acceptors (Lipinski definition) is 3. The van der Waals surface area contributed by atoms with Gasteiger partial charge in [0.2, 0.25) is 0 Å². The second-order valence-electron chi connectivity index (χ2n) is 3.42. The highest BCUT2D eigenvalue weighted by Gasteiger charge is 2.13. The Hall–Kier alpha value is -0.640. The number of halogens is 1. The van der Waals surface area contributed by atoms with Gasteiger partial charge in [0.05, 0.1) is 9.90 Å². The predicted molar refractivity (Wildman–Crippen MR) is 71.1 cm³/mol. The van der Waals surface area contributed by atoms with Crippen molar-refractivity contribution < 1.29 is 4.79 Å². The first-order valence-corrected chi connectivity index (χ1v) is 7.12. The summed E-state index contributed by atoms with van der Waals surface area (Å²) >= 11 is 9.04. The third kappa shape index (κ3) is 2.54. The van der Waals surface area contributed by atoms with E-state index in [4.69, 9.17) is 11.6 Å². The molecule has 2 aromatic rings. The summed E-state index contributed by atoms with van der Waals surface area (Å²) in [4.78, 5) is 15.0. The summed E-state index contributed by atoms with van der Waals surface area (Å²) in [6.07, 6.45) is 1.49. The van der Waals surface area contributed by atoms with Gasteiger partial charge in [-0.3, -0.25) is 4.79 Å². The topological polar surface area (TPSA) is 17.1 Å². The standard InChI is InChI=1S/C12H11ClOS2/c1-2-8-3-4-9(16-8)7-11(14)12-10(13)5-6-15-12/h3-6H,2,7H2,1H3. The van der Waals surface area contributed by atoms with Gasteiger partial charge in [0.25, 0.3) is 0 Å². The van der Waals surface area contributed by atoms with Crippen LogP contribution >= 0.6 is 34.3 Å². The molecule has 0 saturated heterocycles. The molecular formula is C12H11ClOS2. The van der Waals surface area contributed by atoms with Crippen LogP contribution in [-0.2, 0) is 12.8 Å². The average molecular weight is 271 g/mol. The van der Waals surface area contributed by atoms with Gasteiger partial charge in [-0.25, -0.2) is 0 Å². The maximum Gasteiger partial charge on any atom is 0.179 e. The van der Waals surface area contributed by atoms with E-state index in [0.29, 0.717) is 16.3 Å². The molecule has 0 aliphatic heterocycles. The van der Waals surface area contributed by atoms with E-state index in [2.05, 4.69) is 13.0 Å². The van der Waals surface area contributed by atoms with Crippen molar-refractivity contribution in [3.8, 4) is 0 Å². The number of rotatable bonds is 4. The van der Waals surface area contributed by atoms with Crippen molar-refractivity contribution in [2.24, 2.45) is 0 Å². The Morgan fingerprint density at radius 1 is 1.31 bits per heavy atom. The molecule has 4 heteroatoms. The molecule has 0 amide bonds. The van der Waals surface area contributed by atoms with Crippen molar-refractivity contribution in [1.29, 1.82) is 0 Å². The first-order chi connectivity index (χ1) is 7.70. The molecule has 16 heavy (non-hydrogen) atoms. The molecule has 84 valence electrons. The van der Waals surface area contributed by atoms with Crippen LogP contribution in [0.1, 0.15) is 26.3 Å². The number of Topliss-reactive ketones (excluding diaryl/α,β-unsaturated/α-hetero) is 1. The monoisotopic (exact) mass is 270 g/mol. The molecule has 0 aliphatic rings. The molecule has 2 heterocycles. The van der Waals surface area contributed by atoms with Crippen LogP contribution in [0.15, 0.2) is 23.6 Å². The highest BCUT2D eigenvalue weighted by Crippen LogP contribution is 2.25. The Morgan fingerprint density at radius 3 is 2.62 bits per heavy atom. The van der Waals surface area contributed by atoms with Crippen molar-refractivity contribution in [2.45, 2.75) is 19.8 Å². The van der Waals surface area contributed by atoms with E-state index in [1.807, 2.05) is 11.4 Å². The first-order valence-electron chi connectivity index (χ1n) is 5.04. The largest absolute Gasteiger partial charge is 0.293 e. The van der Waals surface area contributed by atoms with Crippen LogP contribution in [0.4, 0.5) is 0 Å². The normalized spacial score (nSPS) is 10.6. The quantitative estimate of drug-likeness (QED) is 0.750. The van der Waals surface area contributed by atoms with E-state index in [9.17, 15) is 4.79 Å². The molecule has 0 atom stereocenters. The van der Waals surface area contributed by atoms with Crippen LogP contribution in [0.5, 0.6) is 0 Å². The number of thiophene rings is 2. The van der Waals surface area contributed by atoms with Crippen molar-refractivity contribution in [3.05, 3.63) is 43.2 Å². The summed E-state index contributed by atoms with van der Waals surface area (Å²) in [5, 5.41) is 2.42. The highest BCUT2D eigenvalue weighted by atomic mass is 35.5. The Kier molecular flexibility index (Phi) is 3.79. The minimum Gasteiger partial charge on any atom is -0.293 e. The molecule has 1 nitrogen and oxygen atoms in total. The van der Waals surface area contributed by atoms with E-state index in [0.717, 1.165) is 11.3 Å². The Morgan fingerprint density at radius 2 is 2.06 bits per heavy atom. The molecule has 2 aromatic heterocycles.